The van der Waals surface area contributed by atoms with E-state index in [1.165, 1.54) is 18.4 Å². The molecule has 112 valence electrons. The number of benzene rings is 1. The molecule has 0 radical (unpaired) electrons. The summed E-state index contributed by atoms with van der Waals surface area (Å²) in [6, 6.07) is 8.19. The minimum atomic E-state index is 0.349. The zero-order chi connectivity index (χ0) is 14.7. The number of hydrogen-bond acceptors (Lipinski definition) is 4. The Labute approximate surface area is 125 Å². The number of nitrogens with two attached hydrogens (primary N) is 1. The van der Waals surface area contributed by atoms with Gasteiger partial charge in [0.05, 0.1) is 17.4 Å². The van der Waals surface area contributed by atoms with Gasteiger partial charge in [0, 0.05) is 6.61 Å². The number of ether oxygens (including phenoxy) is 1. The van der Waals surface area contributed by atoms with E-state index in [2.05, 4.69) is 24.2 Å². The summed E-state index contributed by atoms with van der Waals surface area (Å²) in [7, 11) is 0. The summed E-state index contributed by atoms with van der Waals surface area (Å²) in [5.74, 6) is 0.406. The van der Waals surface area contributed by atoms with Gasteiger partial charge in [0.25, 0.3) is 0 Å². The number of hydrogen-bond donors (Lipinski definition) is 1. The van der Waals surface area contributed by atoms with Crippen LogP contribution in [0, 0.1) is 6.92 Å². The molecule has 3 rings (SSSR count). The minimum absolute atomic E-state index is 0.349. The first-order valence-electron chi connectivity index (χ1n) is 7.67. The molecular formula is C17H22N2O2. The van der Waals surface area contributed by atoms with Gasteiger partial charge in [-0.15, -0.1) is 0 Å². The lowest BCUT2D eigenvalue weighted by molar-refractivity contribution is 0.0113. The predicted octanol–water partition coefficient (Wildman–Crippen LogP) is 3.73. The molecule has 0 aliphatic carbocycles. The minimum Gasteiger partial charge on any atom is -0.378 e. The largest absolute Gasteiger partial charge is 0.378 e. The molecule has 1 unspecified atom stereocenters. The SMILES string of the molecule is Cc1ccccc1-c1c(CCC2CCCCO2)noc1N. The zero-order valence-corrected chi connectivity index (χ0v) is 12.5. The highest BCUT2D eigenvalue weighted by Gasteiger charge is 2.20. The molecule has 1 aliphatic rings. The van der Waals surface area contributed by atoms with Crippen LogP contribution in [-0.2, 0) is 11.2 Å². The van der Waals surface area contributed by atoms with Crippen molar-refractivity contribution in [2.24, 2.45) is 0 Å². The summed E-state index contributed by atoms with van der Waals surface area (Å²) in [5, 5.41) is 4.16. The van der Waals surface area contributed by atoms with Crippen LogP contribution in [0.5, 0.6) is 0 Å². The Kier molecular flexibility index (Phi) is 4.25. The van der Waals surface area contributed by atoms with E-state index in [9.17, 15) is 0 Å². The highest BCUT2D eigenvalue weighted by Crippen LogP contribution is 2.33. The van der Waals surface area contributed by atoms with Crippen molar-refractivity contribution in [1.82, 2.24) is 5.16 Å². The molecule has 1 saturated heterocycles. The molecule has 2 aromatic rings. The molecule has 1 atom stereocenters. The van der Waals surface area contributed by atoms with E-state index in [1.807, 2.05) is 12.1 Å². The third-order valence-corrected chi connectivity index (χ3v) is 4.18. The van der Waals surface area contributed by atoms with Crippen molar-refractivity contribution in [3.8, 4) is 11.1 Å². The second-order valence-corrected chi connectivity index (χ2v) is 5.71. The molecule has 0 saturated carbocycles. The number of rotatable bonds is 4. The average Bonchev–Trinajstić information content (AvgIpc) is 2.88. The molecule has 0 amide bonds. The lowest BCUT2D eigenvalue weighted by Crippen LogP contribution is -2.19. The van der Waals surface area contributed by atoms with Crippen molar-refractivity contribution in [2.45, 2.75) is 45.1 Å². The number of nitrogens with zero attached hydrogens (tertiary/aromatic N) is 1. The fourth-order valence-electron chi connectivity index (χ4n) is 2.98. The van der Waals surface area contributed by atoms with Gasteiger partial charge in [-0.05, 0) is 50.2 Å². The molecule has 2 N–H and O–H groups in total. The Hall–Kier alpha value is -1.81. The van der Waals surface area contributed by atoms with E-state index >= 15 is 0 Å². The molecular weight excluding hydrogens is 264 g/mol. The van der Waals surface area contributed by atoms with Crippen LogP contribution in [0.2, 0.25) is 0 Å². The first-order chi connectivity index (χ1) is 10.3. The Morgan fingerprint density at radius 1 is 1.29 bits per heavy atom. The van der Waals surface area contributed by atoms with E-state index < -0.39 is 0 Å². The topological polar surface area (TPSA) is 61.3 Å². The van der Waals surface area contributed by atoms with Gasteiger partial charge in [-0.2, -0.15) is 0 Å². The average molecular weight is 286 g/mol. The fraction of sp³-hybridized carbons (Fsp3) is 0.471. The van der Waals surface area contributed by atoms with Crippen molar-refractivity contribution in [3.63, 3.8) is 0 Å². The van der Waals surface area contributed by atoms with E-state index in [0.29, 0.717) is 12.0 Å². The smallest absolute Gasteiger partial charge is 0.230 e. The summed E-state index contributed by atoms with van der Waals surface area (Å²) < 4.78 is 11.0. The van der Waals surface area contributed by atoms with Gasteiger partial charge < -0.3 is 15.0 Å². The van der Waals surface area contributed by atoms with Crippen LogP contribution in [0.15, 0.2) is 28.8 Å². The van der Waals surface area contributed by atoms with Gasteiger partial charge >= 0.3 is 0 Å². The lowest BCUT2D eigenvalue weighted by Gasteiger charge is -2.22. The van der Waals surface area contributed by atoms with Crippen LogP contribution < -0.4 is 5.73 Å². The van der Waals surface area contributed by atoms with Gasteiger partial charge in [0.15, 0.2) is 0 Å². The summed E-state index contributed by atoms with van der Waals surface area (Å²) in [6.07, 6.45) is 5.76. The van der Waals surface area contributed by atoms with Crippen LogP contribution in [0.1, 0.15) is 36.9 Å². The molecule has 4 heteroatoms. The van der Waals surface area contributed by atoms with Crippen molar-refractivity contribution in [2.75, 3.05) is 12.3 Å². The normalized spacial score (nSPS) is 18.8. The van der Waals surface area contributed by atoms with Crippen LogP contribution >= 0.6 is 0 Å². The maximum Gasteiger partial charge on any atom is 0.230 e. The molecule has 0 spiro atoms. The maximum atomic E-state index is 5.99. The van der Waals surface area contributed by atoms with Crippen LogP contribution in [-0.4, -0.2) is 17.9 Å². The number of aryl methyl sites for hydroxylation is 2. The Morgan fingerprint density at radius 2 is 2.14 bits per heavy atom. The number of nitrogen functional groups attached to an aromatic ring is 1. The highest BCUT2D eigenvalue weighted by atomic mass is 16.5. The first-order valence-corrected chi connectivity index (χ1v) is 7.67. The van der Waals surface area contributed by atoms with Crippen LogP contribution in [0.4, 0.5) is 5.88 Å². The predicted molar refractivity (Wildman–Crippen MR) is 83.0 cm³/mol. The monoisotopic (exact) mass is 286 g/mol. The zero-order valence-electron chi connectivity index (χ0n) is 12.5. The first kappa shape index (κ1) is 14.1. The second kappa shape index (κ2) is 6.31. The lowest BCUT2D eigenvalue weighted by atomic mass is 9.97. The summed E-state index contributed by atoms with van der Waals surface area (Å²) >= 11 is 0. The molecule has 4 nitrogen and oxygen atoms in total. The molecule has 1 aliphatic heterocycles. The van der Waals surface area contributed by atoms with E-state index in [1.54, 1.807) is 0 Å². The van der Waals surface area contributed by atoms with Gasteiger partial charge in [-0.1, -0.05) is 29.4 Å². The van der Waals surface area contributed by atoms with Crippen molar-refractivity contribution >= 4 is 5.88 Å². The molecule has 21 heavy (non-hydrogen) atoms. The van der Waals surface area contributed by atoms with Gasteiger partial charge in [-0.3, -0.25) is 0 Å². The van der Waals surface area contributed by atoms with Crippen molar-refractivity contribution in [1.29, 1.82) is 0 Å². The Bertz CT molecular complexity index is 601. The van der Waals surface area contributed by atoms with Crippen molar-refractivity contribution < 1.29 is 9.26 Å². The van der Waals surface area contributed by atoms with Gasteiger partial charge in [-0.25, -0.2) is 0 Å². The third kappa shape index (κ3) is 3.10. The quantitative estimate of drug-likeness (QED) is 0.930. The summed E-state index contributed by atoms with van der Waals surface area (Å²) in [4.78, 5) is 0. The van der Waals surface area contributed by atoms with Crippen LogP contribution in [0.25, 0.3) is 11.1 Å². The molecule has 0 bridgehead atoms. The van der Waals surface area contributed by atoms with Gasteiger partial charge in [0.1, 0.15) is 0 Å². The van der Waals surface area contributed by atoms with Gasteiger partial charge in [0.2, 0.25) is 5.88 Å². The van der Waals surface area contributed by atoms with Crippen LogP contribution in [0.3, 0.4) is 0 Å². The Morgan fingerprint density at radius 3 is 2.90 bits per heavy atom. The standard InChI is InChI=1S/C17H22N2O2/c1-12-6-2-3-8-14(12)16-15(19-21-17(16)18)10-9-13-7-4-5-11-20-13/h2-3,6,8,13H,4-5,7,9-11,18H2,1H3. The molecule has 1 aromatic carbocycles. The second-order valence-electron chi connectivity index (χ2n) is 5.71. The highest BCUT2D eigenvalue weighted by molar-refractivity contribution is 5.77. The summed E-state index contributed by atoms with van der Waals surface area (Å²) in [5.41, 5.74) is 10.2. The third-order valence-electron chi connectivity index (χ3n) is 4.18. The number of anilines is 1. The maximum absolute atomic E-state index is 5.99. The summed E-state index contributed by atoms with van der Waals surface area (Å²) in [6.45, 7) is 2.96. The molecule has 1 fully saturated rings. The fourth-order valence-corrected chi connectivity index (χ4v) is 2.98. The Balaban J connectivity index is 1.79. The van der Waals surface area contributed by atoms with E-state index in [0.717, 1.165) is 42.7 Å². The van der Waals surface area contributed by atoms with Crippen molar-refractivity contribution in [3.05, 3.63) is 35.5 Å². The molecule has 1 aromatic heterocycles. The van der Waals surface area contributed by atoms with E-state index in [-0.39, 0.29) is 0 Å². The molecule has 2 heterocycles. The number of aromatic nitrogens is 1. The van der Waals surface area contributed by atoms with E-state index in [4.69, 9.17) is 15.0 Å².